The van der Waals surface area contributed by atoms with E-state index in [1.165, 1.54) is 0 Å². The zero-order valence-electron chi connectivity index (χ0n) is 16.2. The Kier molecular flexibility index (Phi) is 4.59. The minimum Gasteiger partial charge on any atom is -0.461 e. The minimum absolute atomic E-state index is 0.295. The van der Waals surface area contributed by atoms with Gasteiger partial charge in [0.15, 0.2) is 5.69 Å². The van der Waals surface area contributed by atoms with Crippen LogP contribution in [0.4, 0.5) is 0 Å². The summed E-state index contributed by atoms with van der Waals surface area (Å²) in [5.41, 5.74) is 5.70. The molecule has 150 valence electrons. The maximum atomic E-state index is 12.5. The molecule has 0 saturated heterocycles. The molecule has 2 aromatic heterocycles. The summed E-state index contributed by atoms with van der Waals surface area (Å²) in [4.78, 5) is 16.9. The van der Waals surface area contributed by atoms with Crippen molar-refractivity contribution in [3.05, 3.63) is 88.2 Å². The van der Waals surface area contributed by atoms with E-state index >= 15 is 0 Å². The van der Waals surface area contributed by atoms with Gasteiger partial charge in [0.1, 0.15) is 6.33 Å². The van der Waals surface area contributed by atoms with Gasteiger partial charge in [-0.2, -0.15) is 0 Å². The predicted octanol–water partition coefficient (Wildman–Crippen LogP) is 3.78. The maximum Gasteiger partial charge on any atom is 0.358 e. The standard InChI is InChI=1S/C22H18ClN5O2/c1-2-30-22(29)21-20-12-19-16(11-14-7-9-15(23)10-8-14)25-26-28(19)18-6-4-3-5-17(18)27(20)13-24-21/h3-10,13H,2,11-12H2,1H3. The quantitative estimate of drug-likeness (QED) is 0.414. The summed E-state index contributed by atoms with van der Waals surface area (Å²) in [5, 5.41) is 9.59. The highest BCUT2D eigenvalue weighted by atomic mass is 35.5. The largest absolute Gasteiger partial charge is 0.461 e. The Bertz CT molecular complexity index is 1240. The van der Waals surface area contributed by atoms with E-state index in [0.717, 1.165) is 34.0 Å². The van der Waals surface area contributed by atoms with Gasteiger partial charge in [-0.3, -0.25) is 4.57 Å². The first kappa shape index (κ1) is 18.6. The summed E-state index contributed by atoms with van der Waals surface area (Å²) in [7, 11) is 0. The first-order valence-electron chi connectivity index (χ1n) is 9.66. The normalized spacial score (nSPS) is 11.9. The van der Waals surface area contributed by atoms with Crippen LogP contribution < -0.4 is 0 Å². The number of ether oxygens (including phenoxy) is 1. The van der Waals surface area contributed by atoms with Crippen molar-refractivity contribution in [2.75, 3.05) is 6.61 Å². The van der Waals surface area contributed by atoms with Gasteiger partial charge in [0.05, 0.1) is 35.1 Å². The maximum absolute atomic E-state index is 12.5. The first-order chi connectivity index (χ1) is 14.7. The second kappa shape index (κ2) is 7.42. The van der Waals surface area contributed by atoms with Crippen molar-refractivity contribution in [3.63, 3.8) is 0 Å². The molecule has 0 spiro atoms. The van der Waals surface area contributed by atoms with E-state index in [1.807, 2.05) is 57.8 Å². The van der Waals surface area contributed by atoms with E-state index in [9.17, 15) is 4.79 Å². The third-order valence-electron chi connectivity index (χ3n) is 5.17. The number of carbonyl (C=O) groups excluding carboxylic acids is 1. The van der Waals surface area contributed by atoms with Gasteiger partial charge in [0, 0.05) is 17.9 Å². The summed E-state index contributed by atoms with van der Waals surface area (Å²) in [6.07, 6.45) is 2.73. The van der Waals surface area contributed by atoms with Crippen molar-refractivity contribution < 1.29 is 9.53 Å². The van der Waals surface area contributed by atoms with Gasteiger partial charge in [-0.25, -0.2) is 14.5 Å². The number of rotatable bonds is 4. The van der Waals surface area contributed by atoms with Crippen LogP contribution in [-0.4, -0.2) is 37.1 Å². The van der Waals surface area contributed by atoms with Crippen molar-refractivity contribution in [2.45, 2.75) is 19.8 Å². The molecule has 8 heteroatoms. The molecule has 0 N–H and O–H groups in total. The van der Waals surface area contributed by atoms with E-state index in [0.29, 0.717) is 30.2 Å². The Hall–Kier alpha value is -3.45. The lowest BCUT2D eigenvalue weighted by Crippen LogP contribution is -2.11. The van der Waals surface area contributed by atoms with Crippen LogP contribution in [0, 0.1) is 0 Å². The Balaban J connectivity index is 1.65. The number of hydrogen-bond acceptors (Lipinski definition) is 5. The fourth-order valence-electron chi connectivity index (χ4n) is 3.76. The van der Waals surface area contributed by atoms with Gasteiger partial charge in [0.25, 0.3) is 0 Å². The summed E-state index contributed by atoms with van der Waals surface area (Å²) in [6, 6.07) is 15.6. The molecular weight excluding hydrogens is 402 g/mol. The summed E-state index contributed by atoms with van der Waals surface area (Å²) in [6.45, 7) is 2.08. The van der Waals surface area contributed by atoms with Gasteiger partial charge in [-0.05, 0) is 36.8 Å². The Morgan fingerprint density at radius 2 is 1.87 bits per heavy atom. The molecule has 7 nitrogen and oxygen atoms in total. The SMILES string of the molecule is CCOC(=O)c1ncn2c1Cc1c(Cc3ccc(Cl)cc3)nnn1-c1ccccc1-2. The highest BCUT2D eigenvalue weighted by molar-refractivity contribution is 6.30. The zero-order valence-corrected chi connectivity index (χ0v) is 17.0. The molecule has 0 fully saturated rings. The fourth-order valence-corrected chi connectivity index (χ4v) is 3.89. The van der Waals surface area contributed by atoms with Crippen LogP contribution in [0.5, 0.6) is 0 Å². The number of aromatic nitrogens is 5. The lowest BCUT2D eigenvalue weighted by Gasteiger charge is -2.09. The van der Waals surface area contributed by atoms with Gasteiger partial charge in [0.2, 0.25) is 0 Å². The Morgan fingerprint density at radius 3 is 2.63 bits per heavy atom. The van der Waals surface area contributed by atoms with E-state index < -0.39 is 5.97 Å². The fraction of sp³-hybridized carbons (Fsp3) is 0.182. The van der Waals surface area contributed by atoms with Crippen LogP contribution in [0.2, 0.25) is 5.02 Å². The van der Waals surface area contributed by atoms with Crippen LogP contribution in [0.3, 0.4) is 0 Å². The van der Waals surface area contributed by atoms with Gasteiger partial charge in [-0.15, -0.1) is 5.10 Å². The Labute approximate surface area is 177 Å². The number of benzene rings is 2. The molecule has 5 rings (SSSR count). The second-order valence-corrected chi connectivity index (χ2v) is 7.43. The molecule has 0 amide bonds. The summed E-state index contributed by atoms with van der Waals surface area (Å²) < 4.78 is 9.00. The number of esters is 1. The molecule has 4 aromatic rings. The van der Waals surface area contributed by atoms with E-state index in [4.69, 9.17) is 16.3 Å². The number of halogens is 1. The highest BCUT2D eigenvalue weighted by Crippen LogP contribution is 2.30. The number of nitrogens with zero attached hydrogens (tertiary/aromatic N) is 5. The smallest absolute Gasteiger partial charge is 0.358 e. The molecule has 2 aromatic carbocycles. The van der Waals surface area contributed by atoms with Crippen LogP contribution in [-0.2, 0) is 17.6 Å². The number of hydrogen-bond donors (Lipinski definition) is 0. The van der Waals surface area contributed by atoms with Gasteiger partial charge in [-0.1, -0.05) is 41.1 Å². The molecule has 0 bridgehead atoms. The van der Waals surface area contributed by atoms with Crippen LogP contribution in [0.15, 0.2) is 54.9 Å². The van der Waals surface area contributed by atoms with Crippen LogP contribution >= 0.6 is 11.6 Å². The third-order valence-corrected chi connectivity index (χ3v) is 5.42. The van der Waals surface area contributed by atoms with E-state index in [-0.39, 0.29) is 0 Å². The van der Waals surface area contributed by atoms with E-state index in [2.05, 4.69) is 15.3 Å². The number of para-hydroxylation sites is 2. The molecule has 1 aliphatic rings. The van der Waals surface area contributed by atoms with Gasteiger partial charge >= 0.3 is 5.97 Å². The van der Waals surface area contributed by atoms with Crippen LogP contribution in [0.1, 0.15) is 40.1 Å². The average molecular weight is 420 g/mol. The third kappa shape index (κ3) is 3.07. The van der Waals surface area contributed by atoms with E-state index in [1.54, 1.807) is 13.3 Å². The average Bonchev–Trinajstić information content (AvgIpc) is 3.32. The van der Waals surface area contributed by atoms with Gasteiger partial charge < -0.3 is 4.74 Å². The highest BCUT2D eigenvalue weighted by Gasteiger charge is 2.28. The summed E-state index contributed by atoms with van der Waals surface area (Å²) >= 11 is 6.02. The molecule has 3 heterocycles. The topological polar surface area (TPSA) is 74.8 Å². The van der Waals surface area contributed by atoms with Crippen molar-refractivity contribution in [1.29, 1.82) is 0 Å². The molecule has 0 unspecified atom stereocenters. The second-order valence-electron chi connectivity index (χ2n) is 6.99. The minimum atomic E-state index is -0.427. The first-order valence-corrected chi connectivity index (χ1v) is 10.0. The zero-order chi connectivity index (χ0) is 20.7. The molecular formula is C22H18ClN5O2. The molecule has 0 saturated carbocycles. The van der Waals surface area contributed by atoms with Crippen molar-refractivity contribution >= 4 is 17.6 Å². The molecule has 0 atom stereocenters. The number of fused-ring (bicyclic) bond motifs is 5. The van der Waals surface area contributed by atoms with Crippen molar-refractivity contribution in [2.24, 2.45) is 0 Å². The Morgan fingerprint density at radius 1 is 1.10 bits per heavy atom. The molecule has 1 aliphatic heterocycles. The molecule has 30 heavy (non-hydrogen) atoms. The monoisotopic (exact) mass is 419 g/mol. The molecule has 0 radical (unpaired) electrons. The van der Waals surface area contributed by atoms with Crippen molar-refractivity contribution in [1.82, 2.24) is 24.5 Å². The molecule has 0 aliphatic carbocycles. The van der Waals surface area contributed by atoms with Crippen molar-refractivity contribution in [3.8, 4) is 11.4 Å². The van der Waals surface area contributed by atoms with Crippen LogP contribution in [0.25, 0.3) is 11.4 Å². The number of imidazole rings is 1. The summed E-state index contributed by atoms with van der Waals surface area (Å²) in [5.74, 6) is -0.427. The predicted molar refractivity (Wildman–Crippen MR) is 112 cm³/mol. The number of carbonyl (C=O) groups is 1. The lowest BCUT2D eigenvalue weighted by atomic mass is 10.1. The lowest BCUT2D eigenvalue weighted by molar-refractivity contribution is 0.0519.